The van der Waals surface area contributed by atoms with Crippen LogP contribution in [0.4, 0.5) is 14.6 Å². The standard InChI is InChI=1S/C9H12F2N3O7P/c10-9(11)6(15)4(3-20-22(17,18)19)21-7(9)14-2-1-5(12)13-8(14)16/h1-2,4,6-7,15H,3H2,(H2,12,13,16)(H2,17,18,19)/p-2/t4-,6+,7-/m1/s1. The minimum atomic E-state index is -5.43. The second-order valence-electron chi connectivity index (χ2n) is 4.43. The van der Waals surface area contributed by atoms with E-state index >= 15 is 0 Å². The molecule has 0 aliphatic carbocycles. The van der Waals surface area contributed by atoms with Gasteiger partial charge in [0.1, 0.15) is 11.9 Å². The van der Waals surface area contributed by atoms with Gasteiger partial charge in [-0.3, -0.25) is 4.57 Å². The summed E-state index contributed by atoms with van der Waals surface area (Å²) < 4.78 is 47.2. The van der Waals surface area contributed by atoms with Crippen molar-refractivity contribution in [3.63, 3.8) is 0 Å². The van der Waals surface area contributed by atoms with Crippen molar-refractivity contribution < 1.29 is 37.5 Å². The molecule has 1 aliphatic heterocycles. The summed E-state index contributed by atoms with van der Waals surface area (Å²) in [6, 6.07) is 1.06. The van der Waals surface area contributed by atoms with Crippen molar-refractivity contribution in [2.75, 3.05) is 12.3 Å². The third kappa shape index (κ3) is 3.32. The molecule has 1 aromatic heterocycles. The smallest absolute Gasteiger partial charge is 0.351 e. The highest BCUT2D eigenvalue weighted by molar-refractivity contribution is 7.43. The number of anilines is 1. The molecule has 0 saturated carbocycles. The molecule has 0 spiro atoms. The summed E-state index contributed by atoms with van der Waals surface area (Å²) in [4.78, 5) is 35.5. The number of aromatic nitrogens is 2. The zero-order chi connectivity index (χ0) is 16.7. The largest absolute Gasteiger partial charge is 0.790 e. The van der Waals surface area contributed by atoms with Gasteiger partial charge in [-0.2, -0.15) is 13.8 Å². The Hall–Kier alpha value is -1.43. The summed E-state index contributed by atoms with van der Waals surface area (Å²) in [6.07, 6.45) is -5.70. The number of hydrogen-bond donors (Lipinski definition) is 2. The topological polar surface area (TPSA) is 163 Å². The van der Waals surface area contributed by atoms with Crippen molar-refractivity contribution in [1.29, 1.82) is 0 Å². The zero-order valence-corrected chi connectivity index (χ0v) is 11.6. The zero-order valence-electron chi connectivity index (χ0n) is 10.7. The molecule has 0 aromatic carbocycles. The lowest BCUT2D eigenvalue weighted by atomic mass is 10.1. The van der Waals surface area contributed by atoms with Gasteiger partial charge in [-0.25, -0.2) is 4.79 Å². The number of nitrogens with zero attached hydrogens (tertiary/aromatic N) is 2. The molecule has 3 N–H and O–H groups in total. The average Bonchev–Trinajstić information content (AvgIpc) is 2.59. The van der Waals surface area contributed by atoms with Crippen LogP contribution in [-0.4, -0.2) is 39.4 Å². The summed E-state index contributed by atoms with van der Waals surface area (Å²) in [5, 5.41) is 9.48. The van der Waals surface area contributed by atoms with E-state index in [0.29, 0.717) is 4.57 Å². The van der Waals surface area contributed by atoms with Crippen LogP contribution in [0.15, 0.2) is 17.1 Å². The minimum absolute atomic E-state index is 0.207. The molecule has 2 rings (SSSR count). The normalized spacial score (nSPS) is 28.0. The van der Waals surface area contributed by atoms with Crippen LogP contribution in [0.2, 0.25) is 0 Å². The molecule has 0 unspecified atom stereocenters. The lowest BCUT2D eigenvalue weighted by molar-refractivity contribution is -0.343. The number of alkyl halides is 2. The number of phosphoric acid groups is 1. The van der Waals surface area contributed by atoms with Gasteiger partial charge >= 0.3 is 11.6 Å². The van der Waals surface area contributed by atoms with Gasteiger partial charge in [-0.1, -0.05) is 0 Å². The van der Waals surface area contributed by atoms with Crippen molar-refractivity contribution in [3.8, 4) is 0 Å². The molecule has 0 radical (unpaired) electrons. The van der Waals surface area contributed by atoms with Gasteiger partial charge < -0.3 is 34.5 Å². The van der Waals surface area contributed by atoms with E-state index in [9.17, 15) is 33.0 Å². The summed E-state index contributed by atoms with van der Waals surface area (Å²) >= 11 is 0. The van der Waals surface area contributed by atoms with E-state index in [0.717, 1.165) is 12.3 Å². The van der Waals surface area contributed by atoms with E-state index in [2.05, 4.69) is 9.51 Å². The highest BCUT2D eigenvalue weighted by Gasteiger charge is 2.59. The quantitative estimate of drug-likeness (QED) is 0.566. The van der Waals surface area contributed by atoms with E-state index in [-0.39, 0.29) is 5.82 Å². The van der Waals surface area contributed by atoms with E-state index < -0.39 is 44.5 Å². The molecule has 0 bridgehead atoms. The number of nitrogens with two attached hydrogens (primary N) is 1. The number of halogens is 2. The van der Waals surface area contributed by atoms with Crippen molar-refractivity contribution >= 4 is 13.6 Å². The fraction of sp³-hybridized carbons (Fsp3) is 0.556. The van der Waals surface area contributed by atoms with Crippen LogP contribution >= 0.6 is 7.82 Å². The fourth-order valence-corrected chi connectivity index (χ4v) is 2.20. The van der Waals surface area contributed by atoms with Gasteiger partial charge in [0.25, 0.3) is 0 Å². The maximum absolute atomic E-state index is 14.0. The lowest BCUT2D eigenvalue weighted by Gasteiger charge is -2.30. The Morgan fingerprint density at radius 3 is 2.77 bits per heavy atom. The Balaban J connectivity index is 2.26. The molecule has 1 saturated heterocycles. The van der Waals surface area contributed by atoms with E-state index in [1.807, 2.05) is 0 Å². The van der Waals surface area contributed by atoms with Crippen molar-refractivity contribution in [3.05, 3.63) is 22.7 Å². The number of aliphatic hydroxyl groups is 1. The predicted molar refractivity (Wildman–Crippen MR) is 61.3 cm³/mol. The molecular formula is C9H10F2N3O7P-2. The molecule has 1 fully saturated rings. The highest BCUT2D eigenvalue weighted by Crippen LogP contribution is 2.43. The van der Waals surface area contributed by atoms with Gasteiger partial charge in [0, 0.05) is 6.20 Å². The maximum Gasteiger partial charge on any atom is 0.351 e. The minimum Gasteiger partial charge on any atom is -0.790 e. The Labute approximate surface area is 121 Å². The van der Waals surface area contributed by atoms with Crippen molar-refractivity contribution in [2.24, 2.45) is 0 Å². The monoisotopic (exact) mass is 341 g/mol. The van der Waals surface area contributed by atoms with Gasteiger partial charge in [-0.15, -0.1) is 0 Å². The molecule has 2 heterocycles. The Bertz CT molecular complexity index is 663. The number of ether oxygens (including phenoxy) is 1. The Kier molecular flexibility index (Phi) is 4.35. The summed E-state index contributed by atoms with van der Waals surface area (Å²) in [5.41, 5.74) is 4.07. The fourth-order valence-electron chi connectivity index (χ4n) is 1.88. The number of nitrogen functional groups attached to an aromatic ring is 1. The molecule has 124 valence electrons. The number of rotatable bonds is 4. The Morgan fingerprint density at radius 1 is 1.59 bits per heavy atom. The molecule has 3 atom stereocenters. The van der Waals surface area contributed by atoms with Crippen LogP contribution in [-0.2, 0) is 13.8 Å². The summed E-state index contributed by atoms with van der Waals surface area (Å²) in [5.74, 6) is -4.16. The first-order chi connectivity index (χ1) is 10.0. The maximum atomic E-state index is 14.0. The van der Waals surface area contributed by atoms with E-state index in [1.165, 1.54) is 0 Å². The van der Waals surface area contributed by atoms with Crippen LogP contribution < -0.4 is 21.2 Å². The SMILES string of the molecule is Nc1ccn([C@@H]2O[C@H](COP(=O)([O-])[O-])[C@H](O)C2(F)F)c(=O)n1. The molecule has 13 heteroatoms. The Morgan fingerprint density at radius 2 is 2.23 bits per heavy atom. The van der Waals surface area contributed by atoms with Crippen LogP contribution in [0, 0.1) is 0 Å². The van der Waals surface area contributed by atoms with E-state index in [4.69, 9.17) is 10.5 Å². The molecule has 0 amide bonds. The van der Waals surface area contributed by atoms with Crippen LogP contribution in [0.3, 0.4) is 0 Å². The molecule has 22 heavy (non-hydrogen) atoms. The first-order valence-electron chi connectivity index (χ1n) is 5.75. The second-order valence-corrected chi connectivity index (χ2v) is 5.58. The average molecular weight is 341 g/mol. The van der Waals surface area contributed by atoms with Crippen LogP contribution in [0.5, 0.6) is 0 Å². The molecular weight excluding hydrogens is 331 g/mol. The number of aliphatic hydroxyl groups excluding tert-OH is 1. The third-order valence-electron chi connectivity index (χ3n) is 2.88. The predicted octanol–water partition coefficient (Wildman–Crippen LogP) is -2.44. The van der Waals surface area contributed by atoms with Crippen LogP contribution in [0.1, 0.15) is 6.23 Å². The van der Waals surface area contributed by atoms with E-state index in [1.54, 1.807) is 0 Å². The molecule has 1 aromatic rings. The summed E-state index contributed by atoms with van der Waals surface area (Å²) in [7, 11) is -5.43. The van der Waals surface area contributed by atoms with Gasteiger partial charge in [0.05, 0.1) is 14.4 Å². The first-order valence-corrected chi connectivity index (χ1v) is 7.21. The number of hydrogen-bond acceptors (Lipinski definition) is 9. The summed E-state index contributed by atoms with van der Waals surface area (Å²) in [6.45, 7) is -1.12. The highest BCUT2D eigenvalue weighted by atomic mass is 31.2. The number of phosphoric ester groups is 1. The molecule has 10 nitrogen and oxygen atoms in total. The van der Waals surface area contributed by atoms with Gasteiger partial charge in [-0.05, 0) is 6.07 Å². The third-order valence-corrected chi connectivity index (χ3v) is 3.35. The second kappa shape index (κ2) is 5.65. The van der Waals surface area contributed by atoms with Gasteiger partial charge in [0.15, 0.2) is 6.10 Å². The molecule has 1 aliphatic rings. The van der Waals surface area contributed by atoms with Crippen LogP contribution in [0.25, 0.3) is 0 Å². The van der Waals surface area contributed by atoms with Gasteiger partial charge in [0.2, 0.25) is 6.23 Å². The lowest BCUT2D eigenvalue weighted by Crippen LogP contribution is -2.42. The van der Waals surface area contributed by atoms with Crippen molar-refractivity contribution in [1.82, 2.24) is 9.55 Å². The first kappa shape index (κ1) is 16.9. The van der Waals surface area contributed by atoms with Crippen molar-refractivity contribution in [2.45, 2.75) is 24.4 Å².